The van der Waals surface area contributed by atoms with Crippen molar-refractivity contribution in [3.63, 3.8) is 0 Å². The second-order valence-corrected chi connectivity index (χ2v) is 6.40. The molecule has 0 radical (unpaired) electrons. The van der Waals surface area contributed by atoms with Gasteiger partial charge in [0.2, 0.25) is 0 Å². The average molecular weight is 351 g/mol. The minimum Gasteiger partial charge on any atom is -0.295 e. The van der Waals surface area contributed by atoms with Crippen LogP contribution in [0.5, 0.6) is 0 Å². The number of hydrogen-bond acceptors (Lipinski definition) is 1. The lowest BCUT2D eigenvalue weighted by molar-refractivity contribution is -0.113. The lowest BCUT2D eigenvalue weighted by Crippen LogP contribution is -1.98. The van der Waals surface area contributed by atoms with Crippen molar-refractivity contribution in [3.05, 3.63) is 62.9 Å². The molecule has 0 saturated heterocycles. The van der Waals surface area contributed by atoms with Crippen LogP contribution in [0.4, 0.5) is 4.39 Å². The molecule has 0 N–H and O–H groups in total. The number of carbonyl (C=O) groups excluding carboxylic acids is 1. The number of halogens is 3. The van der Waals surface area contributed by atoms with E-state index < -0.39 is 5.82 Å². The minimum absolute atomic E-state index is 0.0148. The van der Waals surface area contributed by atoms with Gasteiger partial charge in [0.15, 0.2) is 5.78 Å². The summed E-state index contributed by atoms with van der Waals surface area (Å²) in [5.74, 6) is -0.460. The van der Waals surface area contributed by atoms with Crippen molar-refractivity contribution in [3.8, 4) is 11.1 Å². The molecule has 0 bridgehead atoms. The summed E-state index contributed by atoms with van der Waals surface area (Å²) >= 11 is 12.0. The Labute approximate surface area is 145 Å². The van der Waals surface area contributed by atoms with Crippen molar-refractivity contribution in [2.45, 2.75) is 27.7 Å². The molecule has 23 heavy (non-hydrogen) atoms. The summed E-state index contributed by atoms with van der Waals surface area (Å²) in [7, 11) is 0. The molecule has 0 heterocycles. The van der Waals surface area contributed by atoms with E-state index >= 15 is 0 Å². The maximum Gasteiger partial charge on any atom is 0.155 e. The molecule has 0 fully saturated rings. The van der Waals surface area contributed by atoms with Gasteiger partial charge in [-0.25, -0.2) is 4.39 Å². The molecule has 4 heteroatoms. The van der Waals surface area contributed by atoms with E-state index in [1.807, 2.05) is 19.9 Å². The van der Waals surface area contributed by atoms with Crippen molar-refractivity contribution in [1.29, 1.82) is 0 Å². The van der Waals surface area contributed by atoms with Crippen LogP contribution in [0.2, 0.25) is 10.0 Å². The number of allylic oxidation sites excluding steroid dienone is 2. The summed E-state index contributed by atoms with van der Waals surface area (Å²) in [5.41, 5.74) is 4.89. The number of hydrogen-bond donors (Lipinski definition) is 0. The second kappa shape index (κ2) is 6.86. The molecule has 120 valence electrons. The molecule has 0 aliphatic rings. The molecule has 0 atom stereocenters. The SMILES string of the molecule is CC(=O)/C(C)=C(\C)c1cc(Cl)cc(-c2ccc(Cl)c(F)c2)c1C. The van der Waals surface area contributed by atoms with Crippen molar-refractivity contribution in [2.24, 2.45) is 0 Å². The highest BCUT2D eigenvalue weighted by atomic mass is 35.5. The van der Waals surface area contributed by atoms with Crippen LogP contribution >= 0.6 is 23.2 Å². The van der Waals surface area contributed by atoms with E-state index in [-0.39, 0.29) is 10.8 Å². The third-order valence-electron chi connectivity index (χ3n) is 4.10. The second-order valence-electron chi connectivity index (χ2n) is 5.56. The summed E-state index contributed by atoms with van der Waals surface area (Å²) < 4.78 is 13.8. The van der Waals surface area contributed by atoms with E-state index in [0.29, 0.717) is 16.2 Å². The van der Waals surface area contributed by atoms with E-state index in [0.717, 1.165) is 22.3 Å². The molecule has 0 aliphatic heterocycles. The van der Waals surface area contributed by atoms with E-state index in [4.69, 9.17) is 23.2 Å². The zero-order chi connectivity index (χ0) is 17.3. The molecule has 2 rings (SSSR count). The summed E-state index contributed by atoms with van der Waals surface area (Å²) in [6.07, 6.45) is 0. The molecule has 0 amide bonds. The van der Waals surface area contributed by atoms with Crippen LogP contribution in [0.3, 0.4) is 0 Å². The van der Waals surface area contributed by atoms with Crippen LogP contribution in [0, 0.1) is 12.7 Å². The minimum atomic E-state index is -0.475. The topological polar surface area (TPSA) is 17.1 Å². The first-order valence-electron chi connectivity index (χ1n) is 7.16. The van der Waals surface area contributed by atoms with Crippen LogP contribution in [0.1, 0.15) is 31.9 Å². The molecule has 1 nitrogen and oxygen atoms in total. The van der Waals surface area contributed by atoms with Gasteiger partial charge in [0, 0.05) is 5.02 Å². The Balaban J connectivity index is 2.71. The summed E-state index contributed by atoms with van der Waals surface area (Å²) in [4.78, 5) is 11.6. The van der Waals surface area contributed by atoms with Gasteiger partial charge in [-0.3, -0.25) is 4.79 Å². The molecule has 0 spiro atoms. The van der Waals surface area contributed by atoms with Crippen LogP contribution in [-0.4, -0.2) is 5.78 Å². The van der Waals surface area contributed by atoms with Gasteiger partial charge in [-0.05, 0) is 85.4 Å². The van der Waals surface area contributed by atoms with Gasteiger partial charge in [-0.15, -0.1) is 0 Å². The first-order valence-corrected chi connectivity index (χ1v) is 7.92. The number of Topliss-reactive ketones (excluding diaryl/α,β-unsaturated/α-hetero) is 1. The van der Waals surface area contributed by atoms with Gasteiger partial charge in [0.25, 0.3) is 0 Å². The molecule has 0 unspecified atom stereocenters. The Morgan fingerprint density at radius 1 is 1.04 bits per heavy atom. The van der Waals surface area contributed by atoms with Crippen molar-refractivity contribution < 1.29 is 9.18 Å². The fourth-order valence-corrected chi connectivity index (χ4v) is 2.83. The van der Waals surface area contributed by atoms with Gasteiger partial charge >= 0.3 is 0 Å². The molecule has 0 aliphatic carbocycles. The van der Waals surface area contributed by atoms with Crippen molar-refractivity contribution in [1.82, 2.24) is 0 Å². The fourth-order valence-electron chi connectivity index (χ4n) is 2.50. The van der Waals surface area contributed by atoms with Gasteiger partial charge in [-0.2, -0.15) is 0 Å². The third kappa shape index (κ3) is 3.65. The van der Waals surface area contributed by atoms with Crippen molar-refractivity contribution in [2.75, 3.05) is 0 Å². The fraction of sp³-hybridized carbons (Fsp3) is 0.211. The Morgan fingerprint density at radius 3 is 2.26 bits per heavy atom. The number of carbonyl (C=O) groups is 1. The average Bonchev–Trinajstić information content (AvgIpc) is 2.50. The number of benzene rings is 2. The maximum absolute atomic E-state index is 13.8. The normalized spacial score (nSPS) is 12.1. The maximum atomic E-state index is 13.8. The van der Waals surface area contributed by atoms with Crippen LogP contribution in [0.25, 0.3) is 16.7 Å². The largest absolute Gasteiger partial charge is 0.295 e. The molecule has 2 aromatic rings. The molecule has 0 aromatic heterocycles. The standard InChI is InChI=1S/C19H17Cl2FO/c1-10(13(4)23)11(2)16-8-15(20)9-17(12(16)3)14-5-6-18(21)19(22)7-14/h5-9H,1-4H3/b11-10+. The molecular weight excluding hydrogens is 334 g/mol. The summed E-state index contributed by atoms with van der Waals surface area (Å²) in [6, 6.07) is 8.29. The third-order valence-corrected chi connectivity index (χ3v) is 4.62. The van der Waals surface area contributed by atoms with Gasteiger partial charge < -0.3 is 0 Å². The smallest absolute Gasteiger partial charge is 0.155 e. The van der Waals surface area contributed by atoms with Crippen LogP contribution in [0.15, 0.2) is 35.9 Å². The van der Waals surface area contributed by atoms with Crippen LogP contribution in [-0.2, 0) is 4.79 Å². The molecule has 2 aromatic carbocycles. The Hall–Kier alpha value is -1.64. The summed E-state index contributed by atoms with van der Waals surface area (Å²) in [6.45, 7) is 7.15. The quantitative estimate of drug-likeness (QED) is 0.578. The highest BCUT2D eigenvalue weighted by molar-refractivity contribution is 6.31. The zero-order valence-corrected chi connectivity index (χ0v) is 14.9. The monoisotopic (exact) mass is 350 g/mol. The number of rotatable bonds is 3. The highest BCUT2D eigenvalue weighted by Crippen LogP contribution is 2.35. The van der Waals surface area contributed by atoms with Crippen molar-refractivity contribution >= 4 is 34.6 Å². The first-order chi connectivity index (χ1) is 10.7. The predicted molar refractivity (Wildman–Crippen MR) is 95.5 cm³/mol. The Morgan fingerprint density at radius 2 is 1.70 bits per heavy atom. The van der Waals surface area contributed by atoms with Gasteiger partial charge in [0.1, 0.15) is 5.82 Å². The molecular formula is C19H17Cl2FO. The van der Waals surface area contributed by atoms with E-state index in [1.165, 1.54) is 19.1 Å². The van der Waals surface area contributed by atoms with Gasteiger partial charge in [0.05, 0.1) is 5.02 Å². The zero-order valence-electron chi connectivity index (χ0n) is 13.4. The predicted octanol–water partition coefficient (Wildman–Crippen LogP) is 6.49. The summed E-state index contributed by atoms with van der Waals surface area (Å²) in [5, 5.41) is 0.615. The van der Waals surface area contributed by atoms with E-state index in [1.54, 1.807) is 19.1 Å². The van der Waals surface area contributed by atoms with Gasteiger partial charge in [-0.1, -0.05) is 29.3 Å². The lowest BCUT2D eigenvalue weighted by atomic mass is 9.91. The Kier molecular flexibility index (Phi) is 5.28. The molecule has 0 saturated carbocycles. The number of ketones is 1. The first kappa shape index (κ1) is 17.7. The highest BCUT2D eigenvalue weighted by Gasteiger charge is 2.14. The van der Waals surface area contributed by atoms with Crippen LogP contribution < -0.4 is 0 Å². The lowest BCUT2D eigenvalue weighted by Gasteiger charge is -2.15. The Bertz CT molecular complexity index is 822. The van der Waals surface area contributed by atoms with E-state index in [9.17, 15) is 9.18 Å². The van der Waals surface area contributed by atoms with E-state index in [2.05, 4.69) is 0 Å².